The number of carbonyl (C=O) groups excluding carboxylic acids is 2. The maximum absolute atomic E-state index is 12.7. The normalized spacial score (nSPS) is 17.0. The number of nitrogens with one attached hydrogen (secondary N) is 1. The van der Waals surface area contributed by atoms with Crippen molar-refractivity contribution >= 4 is 11.9 Å². The van der Waals surface area contributed by atoms with Gasteiger partial charge < -0.3 is 15.1 Å². The Bertz CT molecular complexity index is 645. The fourth-order valence-corrected chi connectivity index (χ4v) is 3.79. The molecule has 0 unspecified atom stereocenters. The summed E-state index contributed by atoms with van der Waals surface area (Å²) in [7, 11) is 3.55. The van der Waals surface area contributed by atoms with Crippen LogP contribution in [0.15, 0.2) is 30.3 Å². The second-order valence-corrected chi connectivity index (χ2v) is 8.71. The van der Waals surface area contributed by atoms with Crippen LogP contribution in [0.4, 0.5) is 4.79 Å². The summed E-state index contributed by atoms with van der Waals surface area (Å²) in [5.74, 6) is 0.106. The van der Waals surface area contributed by atoms with Gasteiger partial charge in [-0.15, -0.1) is 0 Å². The van der Waals surface area contributed by atoms with E-state index in [1.165, 1.54) is 5.56 Å². The molecule has 0 spiro atoms. The molecule has 1 fully saturated rings. The van der Waals surface area contributed by atoms with E-state index in [9.17, 15) is 9.59 Å². The van der Waals surface area contributed by atoms with Crippen LogP contribution >= 0.6 is 0 Å². The van der Waals surface area contributed by atoms with Crippen molar-refractivity contribution in [2.24, 2.45) is 0 Å². The van der Waals surface area contributed by atoms with E-state index < -0.39 is 0 Å². The molecule has 1 aliphatic heterocycles. The smallest absolute Gasteiger partial charge is 0.317 e. The fourth-order valence-electron chi connectivity index (χ4n) is 3.79. The molecule has 1 aromatic rings. The summed E-state index contributed by atoms with van der Waals surface area (Å²) in [5, 5.41) is 3.17. The zero-order valence-electron chi connectivity index (χ0n) is 18.1. The van der Waals surface area contributed by atoms with Crippen molar-refractivity contribution in [3.63, 3.8) is 0 Å². The summed E-state index contributed by atoms with van der Waals surface area (Å²) in [6.45, 7) is 9.89. The van der Waals surface area contributed by atoms with Gasteiger partial charge in [-0.05, 0) is 30.7 Å². The lowest BCUT2D eigenvalue weighted by Gasteiger charge is -2.31. The Morgan fingerprint density at radius 1 is 1.11 bits per heavy atom. The number of likely N-dealkylation sites (N-methyl/N-ethyl adjacent to an activating group) is 1. The first-order valence-corrected chi connectivity index (χ1v) is 10.2. The lowest BCUT2D eigenvalue weighted by atomic mass is 9.79. The molecule has 0 bridgehead atoms. The van der Waals surface area contributed by atoms with Gasteiger partial charge in [-0.1, -0.05) is 44.2 Å². The van der Waals surface area contributed by atoms with Crippen LogP contribution in [0, 0.1) is 0 Å². The predicted molar refractivity (Wildman–Crippen MR) is 113 cm³/mol. The average molecular weight is 389 g/mol. The van der Waals surface area contributed by atoms with Crippen LogP contribution in [0.2, 0.25) is 0 Å². The van der Waals surface area contributed by atoms with Crippen LogP contribution in [0.3, 0.4) is 0 Å². The number of benzene rings is 1. The summed E-state index contributed by atoms with van der Waals surface area (Å²) >= 11 is 0. The van der Waals surface area contributed by atoms with Crippen molar-refractivity contribution in [1.29, 1.82) is 0 Å². The van der Waals surface area contributed by atoms with Crippen molar-refractivity contribution < 1.29 is 9.59 Å². The van der Waals surface area contributed by atoms with Crippen LogP contribution in [0.25, 0.3) is 0 Å². The Hall–Kier alpha value is -2.08. The maximum Gasteiger partial charge on any atom is 0.317 e. The molecule has 1 saturated heterocycles. The van der Waals surface area contributed by atoms with E-state index in [0.29, 0.717) is 13.1 Å². The quantitative estimate of drug-likeness (QED) is 0.815. The van der Waals surface area contributed by atoms with Crippen molar-refractivity contribution in [3.05, 3.63) is 35.9 Å². The molecule has 0 radical (unpaired) electrons. The van der Waals surface area contributed by atoms with Crippen molar-refractivity contribution in [2.45, 2.75) is 45.1 Å². The number of hydrogen-bond donors (Lipinski definition) is 1. The molecule has 0 saturated carbocycles. The van der Waals surface area contributed by atoms with E-state index >= 15 is 0 Å². The van der Waals surface area contributed by atoms with Crippen molar-refractivity contribution in [2.75, 3.05) is 46.8 Å². The Balaban J connectivity index is 1.84. The van der Waals surface area contributed by atoms with Gasteiger partial charge in [0, 0.05) is 46.3 Å². The standard InChI is InChI=1S/C22H36N4O2/c1-18(16-22(2,3)19-10-7-6-8-11-19)23-21(28)26-13-9-12-25(14-15-26)17-20(27)24(4)5/h6-8,10-11,18H,9,12-17H2,1-5H3,(H,23,28)/t18-/m1/s1. The van der Waals surface area contributed by atoms with E-state index in [1.807, 2.05) is 11.0 Å². The SMILES string of the molecule is C[C@H](CC(C)(C)c1ccccc1)NC(=O)N1CCCN(CC(=O)N(C)C)CC1. The van der Waals surface area contributed by atoms with Crippen LogP contribution in [0.1, 0.15) is 39.2 Å². The Labute approximate surface area is 169 Å². The third-order valence-electron chi connectivity index (χ3n) is 5.48. The number of carbonyl (C=O) groups is 2. The first-order valence-electron chi connectivity index (χ1n) is 10.2. The lowest BCUT2D eigenvalue weighted by molar-refractivity contribution is -0.129. The average Bonchev–Trinajstić information content (AvgIpc) is 2.87. The van der Waals surface area contributed by atoms with E-state index in [2.05, 4.69) is 55.3 Å². The minimum absolute atomic E-state index is 0.00264. The van der Waals surface area contributed by atoms with Crippen molar-refractivity contribution in [3.8, 4) is 0 Å². The molecular formula is C22H36N4O2. The fraction of sp³-hybridized carbons (Fsp3) is 0.636. The highest BCUT2D eigenvalue weighted by atomic mass is 16.2. The van der Waals surface area contributed by atoms with Gasteiger partial charge in [0.05, 0.1) is 6.54 Å². The molecular weight excluding hydrogens is 352 g/mol. The molecule has 1 aliphatic rings. The Morgan fingerprint density at radius 2 is 1.79 bits per heavy atom. The van der Waals surface area contributed by atoms with Gasteiger partial charge in [0.2, 0.25) is 5.91 Å². The molecule has 1 aromatic carbocycles. The van der Waals surface area contributed by atoms with E-state index in [0.717, 1.165) is 32.5 Å². The van der Waals surface area contributed by atoms with E-state index in [1.54, 1.807) is 19.0 Å². The molecule has 1 N–H and O–H groups in total. The molecule has 2 rings (SSSR count). The molecule has 156 valence electrons. The largest absolute Gasteiger partial charge is 0.348 e. The maximum atomic E-state index is 12.7. The number of nitrogens with zero attached hydrogens (tertiary/aromatic N) is 3. The number of amides is 3. The highest BCUT2D eigenvalue weighted by Crippen LogP contribution is 2.28. The third kappa shape index (κ3) is 6.51. The summed E-state index contributed by atoms with van der Waals surface area (Å²) in [5.41, 5.74) is 1.28. The molecule has 0 aliphatic carbocycles. The second-order valence-electron chi connectivity index (χ2n) is 8.71. The Morgan fingerprint density at radius 3 is 2.43 bits per heavy atom. The predicted octanol–water partition coefficient (Wildman–Crippen LogP) is 2.55. The molecule has 3 amide bonds. The highest BCUT2D eigenvalue weighted by Gasteiger charge is 2.26. The summed E-state index contributed by atoms with van der Waals surface area (Å²) in [6, 6.07) is 10.5. The monoisotopic (exact) mass is 388 g/mol. The second kappa shape index (κ2) is 9.92. The van der Waals surface area contributed by atoms with Gasteiger partial charge in [-0.25, -0.2) is 4.79 Å². The van der Waals surface area contributed by atoms with Gasteiger partial charge in [0.25, 0.3) is 0 Å². The van der Waals surface area contributed by atoms with Gasteiger partial charge >= 0.3 is 6.03 Å². The Kier molecular flexibility index (Phi) is 7.87. The first-order chi connectivity index (χ1) is 13.2. The summed E-state index contributed by atoms with van der Waals surface area (Å²) in [6.07, 6.45) is 1.76. The molecule has 28 heavy (non-hydrogen) atoms. The van der Waals surface area contributed by atoms with Crippen LogP contribution in [0.5, 0.6) is 0 Å². The first kappa shape index (κ1) is 22.2. The number of hydrogen-bond acceptors (Lipinski definition) is 3. The topological polar surface area (TPSA) is 55.9 Å². The minimum Gasteiger partial charge on any atom is -0.348 e. The highest BCUT2D eigenvalue weighted by molar-refractivity contribution is 5.77. The summed E-state index contributed by atoms with van der Waals surface area (Å²) < 4.78 is 0. The summed E-state index contributed by atoms with van der Waals surface area (Å²) in [4.78, 5) is 30.3. The number of urea groups is 1. The van der Waals surface area contributed by atoms with Gasteiger partial charge in [0.15, 0.2) is 0 Å². The van der Waals surface area contributed by atoms with Gasteiger partial charge in [-0.3, -0.25) is 9.69 Å². The molecule has 1 heterocycles. The van der Waals surface area contributed by atoms with Gasteiger partial charge in [0.1, 0.15) is 0 Å². The van der Waals surface area contributed by atoms with Crippen LogP contribution < -0.4 is 5.32 Å². The zero-order chi connectivity index (χ0) is 20.7. The van der Waals surface area contributed by atoms with E-state index in [-0.39, 0.29) is 23.4 Å². The van der Waals surface area contributed by atoms with Crippen LogP contribution in [-0.2, 0) is 10.2 Å². The molecule has 6 nitrogen and oxygen atoms in total. The molecule has 6 heteroatoms. The third-order valence-corrected chi connectivity index (χ3v) is 5.48. The van der Waals surface area contributed by atoms with Gasteiger partial charge in [-0.2, -0.15) is 0 Å². The minimum atomic E-state index is -0.00389. The van der Waals surface area contributed by atoms with E-state index in [4.69, 9.17) is 0 Å². The van der Waals surface area contributed by atoms with Crippen LogP contribution in [-0.4, -0.2) is 79.5 Å². The van der Waals surface area contributed by atoms with Crippen molar-refractivity contribution in [1.82, 2.24) is 20.0 Å². The molecule has 1 atom stereocenters. The molecule has 0 aromatic heterocycles. The lowest BCUT2D eigenvalue weighted by Crippen LogP contribution is -2.47. The number of rotatable bonds is 6. The zero-order valence-corrected chi connectivity index (χ0v) is 18.1.